The van der Waals surface area contributed by atoms with Gasteiger partial charge in [-0.15, -0.1) is 0 Å². The number of hydrogen-bond donors (Lipinski definition) is 2. The third kappa shape index (κ3) is 5.74. The summed E-state index contributed by atoms with van der Waals surface area (Å²) >= 11 is 0. The fourth-order valence-corrected chi connectivity index (χ4v) is 4.95. The zero-order valence-electron chi connectivity index (χ0n) is 20.5. The van der Waals surface area contributed by atoms with E-state index in [9.17, 15) is 13.2 Å². The largest absolute Gasteiger partial charge is 0.497 e. The molecule has 0 unspecified atom stereocenters. The normalized spacial score (nSPS) is 15.9. The molecule has 0 spiro atoms. The van der Waals surface area contributed by atoms with Gasteiger partial charge in [-0.25, -0.2) is 17.9 Å². The molecule has 0 aliphatic carbocycles. The lowest BCUT2D eigenvalue weighted by molar-refractivity contribution is 0.161. The number of carbonyl (C=O) groups excluding carboxylic acids is 1. The summed E-state index contributed by atoms with van der Waals surface area (Å²) in [6, 6.07) is 9.03. The fourth-order valence-electron chi connectivity index (χ4n) is 3.91. The highest BCUT2D eigenvalue weighted by atomic mass is 32.2. The quantitative estimate of drug-likeness (QED) is 0.617. The number of amides is 2. The molecule has 0 saturated heterocycles. The lowest BCUT2D eigenvalue weighted by Crippen LogP contribution is -2.53. The second kappa shape index (κ2) is 10.1. The first-order valence-corrected chi connectivity index (χ1v) is 12.4. The maximum atomic E-state index is 13.1. The Labute approximate surface area is 201 Å². The molecule has 2 aromatic carbocycles. The standard InChI is InChI=1S/C24H33N3O6S/c1-24(2,3)26-23(28)27-12-11-16-13-21(32-5)22(33-6)14-19(16)20(27)15-25-34(29,30)18-9-7-17(31-4)8-10-18/h7-10,13-14,20,25H,11-12,15H2,1-6H3,(H,26,28)/t20-/m0/s1. The van der Waals surface area contributed by atoms with Gasteiger partial charge in [-0.05, 0) is 74.7 Å². The lowest BCUT2D eigenvalue weighted by Gasteiger charge is -2.39. The average Bonchev–Trinajstić information content (AvgIpc) is 2.80. The number of hydrogen-bond acceptors (Lipinski definition) is 6. The first-order valence-electron chi connectivity index (χ1n) is 11.0. The minimum atomic E-state index is -3.82. The van der Waals surface area contributed by atoms with Crippen molar-refractivity contribution >= 4 is 16.1 Å². The van der Waals surface area contributed by atoms with Crippen LogP contribution in [0.3, 0.4) is 0 Å². The molecule has 34 heavy (non-hydrogen) atoms. The Hall–Kier alpha value is -2.98. The van der Waals surface area contributed by atoms with Crippen LogP contribution in [-0.2, 0) is 16.4 Å². The van der Waals surface area contributed by atoms with E-state index in [0.29, 0.717) is 30.2 Å². The molecule has 2 aromatic rings. The summed E-state index contributed by atoms with van der Waals surface area (Å²) in [4.78, 5) is 14.9. The Balaban J connectivity index is 1.95. The zero-order chi connectivity index (χ0) is 25.1. The summed E-state index contributed by atoms with van der Waals surface area (Å²) in [6.07, 6.45) is 0.606. The van der Waals surface area contributed by atoms with Crippen molar-refractivity contribution in [1.29, 1.82) is 0 Å². The minimum absolute atomic E-state index is 0.00555. The van der Waals surface area contributed by atoms with Crippen LogP contribution in [0, 0.1) is 0 Å². The van der Waals surface area contributed by atoms with Crippen molar-refractivity contribution in [3.05, 3.63) is 47.5 Å². The van der Waals surface area contributed by atoms with E-state index < -0.39 is 21.6 Å². The SMILES string of the molecule is COc1ccc(S(=O)(=O)NC[C@H]2c3cc(OC)c(OC)cc3CCN2C(=O)NC(C)(C)C)cc1. The van der Waals surface area contributed by atoms with Crippen molar-refractivity contribution in [3.8, 4) is 17.2 Å². The molecule has 1 atom stereocenters. The van der Waals surface area contributed by atoms with Crippen LogP contribution in [0.25, 0.3) is 0 Å². The van der Waals surface area contributed by atoms with Crippen molar-refractivity contribution in [1.82, 2.24) is 14.9 Å². The smallest absolute Gasteiger partial charge is 0.318 e. The van der Waals surface area contributed by atoms with Crippen LogP contribution < -0.4 is 24.2 Å². The van der Waals surface area contributed by atoms with Gasteiger partial charge in [0.2, 0.25) is 10.0 Å². The summed E-state index contributed by atoms with van der Waals surface area (Å²) < 4.78 is 44.7. The molecule has 0 radical (unpaired) electrons. The number of ether oxygens (including phenoxy) is 3. The van der Waals surface area contributed by atoms with Gasteiger partial charge < -0.3 is 24.4 Å². The molecule has 9 nitrogen and oxygen atoms in total. The summed E-state index contributed by atoms with van der Waals surface area (Å²) in [7, 11) is 0.803. The second-order valence-corrected chi connectivity index (χ2v) is 10.8. The van der Waals surface area contributed by atoms with Crippen LogP contribution in [0.15, 0.2) is 41.3 Å². The number of rotatable bonds is 7. The molecule has 186 valence electrons. The molecule has 0 aromatic heterocycles. The molecule has 10 heteroatoms. The van der Waals surface area contributed by atoms with E-state index >= 15 is 0 Å². The first kappa shape index (κ1) is 25.6. The lowest BCUT2D eigenvalue weighted by atomic mass is 9.92. The van der Waals surface area contributed by atoms with Gasteiger partial charge >= 0.3 is 6.03 Å². The summed E-state index contributed by atoms with van der Waals surface area (Å²) in [6.45, 7) is 6.13. The van der Waals surface area contributed by atoms with Gasteiger partial charge in [0.25, 0.3) is 0 Å². The van der Waals surface area contributed by atoms with Crippen LogP contribution in [-0.4, -0.2) is 59.3 Å². The average molecular weight is 492 g/mol. The molecule has 3 rings (SSSR count). The van der Waals surface area contributed by atoms with Gasteiger partial charge in [0.15, 0.2) is 11.5 Å². The predicted molar refractivity (Wildman–Crippen MR) is 129 cm³/mol. The molecule has 0 bridgehead atoms. The summed E-state index contributed by atoms with van der Waals surface area (Å²) in [5, 5.41) is 2.98. The maximum absolute atomic E-state index is 13.1. The van der Waals surface area contributed by atoms with E-state index in [1.807, 2.05) is 32.9 Å². The molecule has 0 saturated carbocycles. The fraction of sp³-hybridized carbons (Fsp3) is 0.458. The topological polar surface area (TPSA) is 106 Å². The molecule has 1 aliphatic rings. The first-order chi connectivity index (χ1) is 16.0. The molecule has 1 aliphatic heterocycles. The van der Waals surface area contributed by atoms with Gasteiger partial charge in [-0.1, -0.05) is 0 Å². The molecule has 0 fully saturated rings. The van der Waals surface area contributed by atoms with Crippen molar-refractivity contribution in [2.45, 2.75) is 43.7 Å². The Morgan fingerprint density at radius 3 is 2.21 bits per heavy atom. The van der Waals surface area contributed by atoms with Gasteiger partial charge in [0.05, 0.1) is 32.3 Å². The number of benzene rings is 2. The Bertz CT molecular complexity index is 1130. The molecule has 2 N–H and O–H groups in total. The monoisotopic (exact) mass is 491 g/mol. The van der Waals surface area contributed by atoms with E-state index in [1.165, 1.54) is 19.2 Å². The second-order valence-electron chi connectivity index (χ2n) is 9.07. The molecular weight excluding hydrogens is 458 g/mol. The highest BCUT2D eigenvalue weighted by molar-refractivity contribution is 7.89. The Morgan fingerprint density at radius 1 is 1.03 bits per heavy atom. The number of methoxy groups -OCH3 is 3. The number of carbonyl (C=O) groups is 1. The van der Waals surface area contributed by atoms with E-state index in [1.54, 1.807) is 31.3 Å². The predicted octanol–water partition coefficient (Wildman–Crippen LogP) is 3.10. The number of nitrogens with zero attached hydrogens (tertiary/aromatic N) is 1. The van der Waals surface area contributed by atoms with E-state index in [-0.39, 0.29) is 17.5 Å². The van der Waals surface area contributed by atoms with E-state index in [4.69, 9.17) is 14.2 Å². The highest BCUT2D eigenvalue weighted by Gasteiger charge is 2.34. The van der Waals surface area contributed by atoms with Crippen LogP contribution in [0.2, 0.25) is 0 Å². The van der Waals surface area contributed by atoms with Crippen molar-refractivity contribution in [2.75, 3.05) is 34.4 Å². The zero-order valence-corrected chi connectivity index (χ0v) is 21.3. The van der Waals surface area contributed by atoms with Crippen LogP contribution in [0.4, 0.5) is 4.79 Å². The van der Waals surface area contributed by atoms with E-state index in [0.717, 1.165) is 11.1 Å². The Kier molecular flexibility index (Phi) is 7.62. The van der Waals surface area contributed by atoms with Crippen LogP contribution in [0.1, 0.15) is 37.9 Å². The van der Waals surface area contributed by atoms with Gasteiger partial charge in [0.1, 0.15) is 5.75 Å². The molecule has 1 heterocycles. The summed E-state index contributed by atoms with van der Waals surface area (Å²) in [5.74, 6) is 1.67. The van der Waals surface area contributed by atoms with Crippen molar-refractivity contribution in [2.24, 2.45) is 0 Å². The number of sulfonamides is 1. The maximum Gasteiger partial charge on any atom is 0.318 e. The summed E-state index contributed by atoms with van der Waals surface area (Å²) in [5.41, 5.74) is 1.35. The van der Waals surface area contributed by atoms with E-state index in [2.05, 4.69) is 10.0 Å². The van der Waals surface area contributed by atoms with Gasteiger partial charge in [0, 0.05) is 18.6 Å². The van der Waals surface area contributed by atoms with Crippen LogP contribution >= 0.6 is 0 Å². The third-order valence-electron chi connectivity index (χ3n) is 5.58. The molecular formula is C24H33N3O6S. The van der Waals surface area contributed by atoms with Crippen molar-refractivity contribution < 1.29 is 27.4 Å². The van der Waals surface area contributed by atoms with Crippen LogP contribution in [0.5, 0.6) is 17.2 Å². The van der Waals surface area contributed by atoms with Gasteiger partial charge in [-0.2, -0.15) is 0 Å². The highest BCUT2D eigenvalue weighted by Crippen LogP contribution is 2.38. The number of urea groups is 1. The Morgan fingerprint density at radius 2 is 1.65 bits per heavy atom. The van der Waals surface area contributed by atoms with Gasteiger partial charge in [-0.3, -0.25) is 0 Å². The number of nitrogens with one attached hydrogen (secondary N) is 2. The number of fused-ring (bicyclic) bond motifs is 1. The molecule has 2 amide bonds. The van der Waals surface area contributed by atoms with Crippen molar-refractivity contribution in [3.63, 3.8) is 0 Å². The third-order valence-corrected chi connectivity index (χ3v) is 7.02. The minimum Gasteiger partial charge on any atom is -0.497 e.